The molecule has 46 heavy (non-hydrogen) atoms. The molecular formula is C32H42N6O8. The molecule has 248 valence electrons. The second-order valence-electron chi connectivity index (χ2n) is 11.8. The minimum Gasteiger partial charge on any atom is -0.483 e. The molecule has 0 spiro atoms. The first-order chi connectivity index (χ1) is 22.2. The topological polar surface area (TPSA) is 162 Å². The summed E-state index contributed by atoms with van der Waals surface area (Å²) in [6.45, 7) is 6.21. The highest BCUT2D eigenvalue weighted by Gasteiger charge is 2.33. The van der Waals surface area contributed by atoms with Crippen molar-refractivity contribution < 1.29 is 38.6 Å². The summed E-state index contributed by atoms with van der Waals surface area (Å²) in [5.74, 6) is -2.05. The van der Waals surface area contributed by atoms with Gasteiger partial charge < -0.3 is 34.6 Å². The van der Waals surface area contributed by atoms with Crippen molar-refractivity contribution in [3.63, 3.8) is 0 Å². The number of carbonyl (C=O) groups is 5. The number of fused-ring (bicyclic) bond motifs is 1. The van der Waals surface area contributed by atoms with Crippen molar-refractivity contribution in [1.29, 1.82) is 0 Å². The normalized spacial score (nSPS) is 19.2. The first kappa shape index (κ1) is 32.9. The number of ether oxygens (including phenoxy) is 2. The first-order valence-electron chi connectivity index (χ1n) is 16.0. The molecule has 0 radical (unpaired) electrons. The SMILES string of the molecule is CCOC(=O)N1CCN(C(=O)[C@H](CCC(=O)O)NC(=O)c2cc(OCC(=O)N3CCC(N4CCCC4)C3)c3ccccc3n2)CC1. The van der Waals surface area contributed by atoms with Crippen molar-refractivity contribution in [2.45, 2.75) is 51.1 Å². The highest BCUT2D eigenvalue weighted by Crippen LogP contribution is 2.26. The lowest BCUT2D eigenvalue weighted by Crippen LogP contribution is -2.56. The number of carboxylic acids is 1. The number of rotatable bonds is 11. The minimum atomic E-state index is -1.13. The Kier molecular flexibility index (Phi) is 10.9. The number of likely N-dealkylation sites (tertiary alicyclic amines) is 2. The number of carbonyl (C=O) groups excluding carboxylic acids is 4. The number of carboxylic acid groups (broad SMARTS) is 1. The lowest BCUT2D eigenvalue weighted by atomic mass is 10.1. The Balaban J connectivity index is 1.26. The maximum Gasteiger partial charge on any atom is 0.409 e. The Morgan fingerprint density at radius 2 is 1.70 bits per heavy atom. The predicted molar refractivity (Wildman–Crippen MR) is 166 cm³/mol. The second kappa shape index (κ2) is 15.2. The maximum absolute atomic E-state index is 13.5. The number of nitrogens with one attached hydrogen (secondary N) is 1. The molecule has 5 rings (SSSR count). The molecule has 0 saturated carbocycles. The average Bonchev–Trinajstić information content (AvgIpc) is 3.78. The van der Waals surface area contributed by atoms with Gasteiger partial charge in [-0.2, -0.15) is 0 Å². The van der Waals surface area contributed by atoms with Crippen LogP contribution in [0.3, 0.4) is 0 Å². The van der Waals surface area contributed by atoms with Crippen LogP contribution >= 0.6 is 0 Å². The van der Waals surface area contributed by atoms with Gasteiger partial charge in [-0.3, -0.25) is 24.1 Å². The molecular weight excluding hydrogens is 596 g/mol. The number of hydrogen-bond acceptors (Lipinski definition) is 9. The molecule has 14 heteroatoms. The first-order valence-corrected chi connectivity index (χ1v) is 16.0. The molecule has 4 heterocycles. The van der Waals surface area contributed by atoms with Crippen LogP contribution in [-0.4, -0.2) is 137 Å². The highest BCUT2D eigenvalue weighted by atomic mass is 16.6. The molecule has 4 amide bonds. The van der Waals surface area contributed by atoms with Crippen molar-refractivity contribution in [3.8, 4) is 5.75 Å². The largest absolute Gasteiger partial charge is 0.483 e. The third-order valence-electron chi connectivity index (χ3n) is 8.80. The van der Waals surface area contributed by atoms with Gasteiger partial charge in [-0.25, -0.2) is 9.78 Å². The molecule has 1 aromatic carbocycles. The van der Waals surface area contributed by atoms with E-state index in [1.165, 1.54) is 28.7 Å². The maximum atomic E-state index is 13.5. The van der Waals surface area contributed by atoms with E-state index in [0.717, 1.165) is 19.5 Å². The molecule has 3 aliphatic rings. The molecule has 1 unspecified atom stereocenters. The Morgan fingerprint density at radius 3 is 2.41 bits per heavy atom. The highest BCUT2D eigenvalue weighted by molar-refractivity contribution is 5.99. The summed E-state index contributed by atoms with van der Waals surface area (Å²) in [6, 6.07) is 7.78. The number of pyridine rings is 1. The zero-order valence-corrected chi connectivity index (χ0v) is 26.2. The summed E-state index contributed by atoms with van der Waals surface area (Å²) >= 11 is 0. The van der Waals surface area contributed by atoms with E-state index in [4.69, 9.17) is 9.47 Å². The van der Waals surface area contributed by atoms with E-state index >= 15 is 0 Å². The summed E-state index contributed by atoms with van der Waals surface area (Å²) in [5.41, 5.74) is 0.438. The fourth-order valence-corrected chi connectivity index (χ4v) is 6.29. The molecule has 1 aromatic heterocycles. The molecule has 14 nitrogen and oxygen atoms in total. The van der Waals surface area contributed by atoms with Gasteiger partial charge >= 0.3 is 12.1 Å². The van der Waals surface area contributed by atoms with E-state index in [1.807, 2.05) is 11.0 Å². The van der Waals surface area contributed by atoms with Crippen LogP contribution in [0.4, 0.5) is 4.79 Å². The molecule has 2 N–H and O–H groups in total. The average molecular weight is 639 g/mol. The van der Waals surface area contributed by atoms with Gasteiger partial charge in [-0.15, -0.1) is 0 Å². The van der Waals surface area contributed by atoms with Crippen LogP contribution in [-0.2, 0) is 19.1 Å². The summed E-state index contributed by atoms with van der Waals surface area (Å²) in [4.78, 5) is 75.2. The molecule has 2 aromatic rings. The van der Waals surface area contributed by atoms with Crippen molar-refractivity contribution in [2.24, 2.45) is 0 Å². The quantitative estimate of drug-likeness (QED) is 0.370. The van der Waals surface area contributed by atoms with Crippen molar-refractivity contribution in [2.75, 3.05) is 65.6 Å². The molecule has 3 fully saturated rings. The van der Waals surface area contributed by atoms with Crippen molar-refractivity contribution in [1.82, 2.24) is 29.9 Å². The van der Waals surface area contributed by atoms with Crippen molar-refractivity contribution in [3.05, 3.63) is 36.0 Å². The molecule has 3 saturated heterocycles. The minimum absolute atomic E-state index is 0.0309. The van der Waals surface area contributed by atoms with Crippen LogP contribution in [0.2, 0.25) is 0 Å². The van der Waals surface area contributed by atoms with Gasteiger partial charge in [0.25, 0.3) is 11.8 Å². The second-order valence-corrected chi connectivity index (χ2v) is 11.8. The number of para-hydroxylation sites is 1. The van der Waals surface area contributed by atoms with E-state index in [9.17, 15) is 29.1 Å². The smallest absolute Gasteiger partial charge is 0.409 e. The van der Waals surface area contributed by atoms with E-state index in [2.05, 4.69) is 15.2 Å². The van der Waals surface area contributed by atoms with Gasteiger partial charge in [0.1, 0.15) is 17.5 Å². The van der Waals surface area contributed by atoms with Crippen molar-refractivity contribution >= 4 is 40.7 Å². The fraction of sp³-hybridized carbons (Fsp3) is 0.562. The number of hydrogen-bond donors (Lipinski definition) is 2. The lowest BCUT2D eigenvalue weighted by molar-refractivity contribution is -0.138. The molecule has 2 atom stereocenters. The molecule has 3 aliphatic heterocycles. The molecule has 0 bridgehead atoms. The zero-order chi connectivity index (χ0) is 32.6. The number of aliphatic carboxylic acids is 1. The number of aromatic nitrogens is 1. The number of benzene rings is 1. The Labute approximate surface area is 267 Å². The predicted octanol–water partition coefficient (Wildman–Crippen LogP) is 1.57. The standard InChI is InChI=1S/C32H42N6O8/c1-2-45-32(44)37-17-15-36(16-18-37)31(43)25(9-10-29(40)41)34-30(42)26-19-27(23-7-3-4-8-24(23)33-26)46-21-28(39)38-14-11-22(20-38)35-12-5-6-13-35/h3-4,7-8,19,22,25H,2,5-6,9-18,20-21H2,1H3,(H,34,42)(H,40,41)/t22?,25-/m0/s1. The van der Waals surface area contributed by atoms with Gasteiger partial charge in [-0.1, -0.05) is 12.1 Å². The van der Waals surface area contributed by atoms with E-state index in [-0.39, 0.29) is 63.8 Å². The van der Waals surface area contributed by atoms with Crippen LogP contribution in [0.25, 0.3) is 10.9 Å². The monoisotopic (exact) mass is 638 g/mol. The van der Waals surface area contributed by atoms with Gasteiger partial charge in [-0.05, 0) is 57.8 Å². The molecule has 0 aliphatic carbocycles. The van der Waals surface area contributed by atoms with Crippen LogP contribution in [0.15, 0.2) is 30.3 Å². The Morgan fingerprint density at radius 1 is 0.978 bits per heavy atom. The summed E-state index contributed by atoms with van der Waals surface area (Å²) < 4.78 is 11.0. The fourth-order valence-electron chi connectivity index (χ4n) is 6.29. The van der Waals surface area contributed by atoms with Crippen LogP contribution in [0, 0.1) is 0 Å². The zero-order valence-electron chi connectivity index (χ0n) is 26.2. The third-order valence-corrected chi connectivity index (χ3v) is 8.80. The van der Waals surface area contributed by atoms with Crippen LogP contribution in [0.1, 0.15) is 49.5 Å². The Hall–Kier alpha value is -4.46. The van der Waals surface area contributed by atoms with Crippen LogP contribution in [0.5, 0.6) is 5.75 Å². The van der Waals surface area contributed by atoms with Gasteiger partial charge in [0.15, 0.2) is 6.61 Å². The summed E-state index contributed by atoms with van der Waals surface area (Å²) in [5, 5.41) is 12.6. The number of amides is 4. The summed E-state index contributed by atoms with van der Waals surface area (Å²) in [7, 11) is 0. The third kappa shape index (κ3) is 8.03. The lowest BCUT2D eigenvalue weighted by Gasteiger charge is -2.35. The summed E-state index contributed by atoms with van der Waals surface area (Å²) in [6.07, 6.45) is 2.41. The van der Waals surface area contributed by atoms with E-state index in [0.29, 0.717) is 35.8 Å². The van der Waals surface area contributed by atoms with Gasteiger partial charge in [0.05, 0.1) is 12.1 Å². The van der Waals surface area contributed by atoms with E-state index < -0.39 is 29.9 Å². The number of piperazine rings is 1. The Bertz CT molecular complexity index is 1440. The van der Waals surface area contributed by atoms with E-state index in [1.54, 1.807) is 25.1 Å². The van der Waals surface area contributed by atoms with Gasteiger partial charge in [0.2, 0.25) is 5.91 Å². The van der Waals surface area contributed by atoms with Gasteiger partial charge in [0, 0.05) is 63.2 Å². The van der Waals surface area contributed by atoms with Crippen LogP contribution < -0.4 is 10.1 Å². The number of nitrogens with zero attached hydrogens (tertiary/aromatic N) is 5.